The van der Waals surface area contributed by atoms with E-state index < -0.39 is 16.9 Å². The van der Waals surface area contributed by atoms with E-state index in [1.54, 1.807) is 0 Å². The predicted octanol–water partition coefficient (Wildman–Crippen LogP) is 0.648. The molecule has 0 spiro atoms. The van der Waals surface area contributed by atoms with Crippen LogP contribution in [-0.4, -0.2) is 39.5 Å². The van der Waals surface area contributed by atoms with Gasteiger partial charge in [-0.3, -0.25) is 4.21 Å². The molecular formula is C10H21NO2S. The Labute approximate surface area is 88.7 Å². The fourth-order valence-electron chi connectivity index (χ4n) is 1.25. The zero-order chi connectivity index (χ0) is 10.4. The third-order valence-corrected chi connectivity index (χ3v) is 3.82. The van der Waals surface area contributed by atoms with Crippen molar-refractivity contribution < 1.29 is 9.32 Å². The first-order valence-corrected chi connectivity index (χ1v) is 6.97. The first-order chi connectivity index (χ1) is 6.72. The summed E-state index contributed by atoms with van der Waals surface area (Å²) in [4.78, 5) is 0. The smallest absolute Gasteiger partial charge is 0.0779 e. The van der Waals surface area contributed by atoms with Crippen LogP contribution in [-0.2, 0) is 10.8 Å². The van der Waals surface area contributed by atoms with Gasteiger partial charge >= 0.3 is 0 Å². The molecule has 1 rings (SSSR count). The second-order valence-corrected chi connectivity index (χ2v) is 5.62. The van der Waals surface area contributed by atoms with Gasteiger partial charge in [-0.2, -0.15) is 0 Å². The highest BCUT2D eigenvalue weighted by molar-refractivity contribution is 7.85. The van der Waals surface area contributed by atoms with E-state index in [0.29, 0.717) is 18.3 Å². The molecule has 4 heteroatoms. The first kappa shape index (κ1) is 12.1. The van der Waals surface area contributed by atoms with Gasteiger partial charge < -0.3 is 10.4 Å². The number of hydrogen-bond donors (Lipinski definition) is 2. The van der Waals surface area contributed by atoms with Crippen molar-refractivity contribution in [3.05, 3.63) is 0 Å². The summed E-state index contributed by atoms with van der Waals surface area (Å²) in [6, 6.07) is 0.619. The summed E-state index contributed by atoms with van der Waals surface area (Å²) >= 11 is 0. The predicted molar refractivity (Wildman–Crippen MR) is 59.8 cm³/mol. The van der Waals surface area contributed by atoms with Crippen LogP contribution in [0.1, 0.15) is 32.6 Å². The van der Waals surface area contributed by atoms with Gasteiger partial charge in [0.15, 0.2) is 0 Å². The lowest BCUT2D eigenvalue weighted by molar-refractivity contribution is 0.194. The molecule has 14 heavy (non-hydrogen) atoms. The Morgan fingerprint density at radius 3 is 2.86 bits per heavy atom. The lowest BCUT2D eigenvalue weighted by Crippen LogP contribution is -2.32. The van der Waals surface area contributed by atoms with E-state index in [4.69, 9.17) is 0 Å². The van der Waals surface area contributed by atoms with Crippen LogP contribution in [0.5, 0.6) is 0 Å². The van der Waals surface area contributed by atoms with Crippen molar-refractivity contribution in [1.29, 1.82) is 0 Å². The molecule has 1 aliphatic carbocycles. The van der Waals surface area contributed by atoms with Gasteiger partial charge in [0.1, 0.15) is 0 Å². The third kappa shape index (κ3) is 5.73. The minimum Gasteiger partial charge on any atom is -0.391 e. The number of hydrogen-bond acceptors (Lipinski definition) is 3. The van der Waals surface area contributed by atoms with Crippen LogP contribution in [0.4, 0.5) is 0 Å². The molecule has 0 aromatic rings. The maximum absolute atomic E-state index is 11.4. The number of unbranched alkanes of at least 4 members (excludes halogenated alkanes) is 1. The first-order valence-electron chi connectivity index (χ1n) is 5.48. The molecule has 0 saturated heterocycles. The molecule has 2 unspecified atom stereocenters. The van der Waals surface area contributed by atoms with E-state index in [9.17, 15) is 9.32 Å². The number of rotatable bonds is 8. The summed E-state index contributed by atoms with van der Waals surface area (Å²) in [7, 11) is -0.834. The molecule has 1 fully saturated rings. The van der Waals surface area contributed by atoms with E-state index in [1.165, 1.54) is 12.8 Å². The van der Waals surface area contributed by atoms with E-state index in [-0.39, 0.29) is 0 Å². The highest BCUT2D eigenvalue weighted by Gasteiger charge is 2.21. The average Bonchev–Trinajstić information content (AvgIpc) is 2.95. The van der Waals surface area contributed by atoms with Crippen LogP contribution in [0.2, 0.25) is 0 Å². The van der Waals surface area contributed by atoms with Crippen molar-refractivity contribution in [3.63, 3.8) is 0 Å². The van der Waals surface area contributed by atoms with Crippen molar-refractivity contribution in [3.8, 4) is 0 Å². The van der Waals surface area contributed by atoms with E-state index in [0.717, 1.165) is 18.6 Å². The molecule has 0 radical (unpaired) electrons. The van der Waals surface area contributed by atoms with Crippen LogP contribution in [0.3, 0.4) is 0 Å². The molecule has 0 bridgehead atoms. The zero-order valence-corrected chi connectivity index (χ0v) is 9.68. The van der Waals surface area contributed by atoms with Crippen molar-refractivity contribution >= 4 is 10.8 Å². The Hall–Kier alpha value is 0.0700. The van der Waals surface area contributed by atoms with Gasteiger partial charge in [-0.15, -0.1) is 0 Å². The van der Waals surface area contributed by atoms with Gasteiger partial charge in [0.2, 0.25) is 0 Å². The average molecular weight is 219 g/mol. The van der Waals surface area contributed by atoms with E-state index in [1.807, 2.05) is 0 Å². The van der Waals surface area contributed by atoms with Crippen molar-refractivity contribution in [2.45, 2.75) is 44.8 Å². The highest BCUT2D eigenvalue weighted by atomic mass is 32.2. The maximum Gasteiger partial charge on any atom is 0.0779 e. The standard InChI is InChI=1S/C10H21NO2S/c1-2-3-6-14(13)8-10(12)7-11-9-4-5-9/h9-12H,2-8H2,1H3. The molecule has 0 amide bonds. The minimum absolute atomic E-state index is 0.430. The summed E-state index contributed by atoms with van der Waals surface area (Å²) in [5.41, 5.74) is 0. The summed E-state index contributed by atoms with van der Waals surface area (Å²) in [6.45, 7) is 2.69. The fourth-order valence-corrected chi connectivity index (χ4v) is 2.58. The summed E-state index contributed by atoms with van der Waals surface area (Å²) in [5.74, 6) is 1.16. The normalized spacial score (nSPS) is 20.7. The van der Waals surface area contributed by atoms with Crippen LogP contribution < -0.4 is 5.32 Å². The molecule has 2 N–H and O–H groups in total. The Morgan fingerprint density at radius 2 is 2.29 bits per heavy atom. The van der Waals surface area contributed by atoms with Gasteiger partial charge in [-0.1, -0.05) is 13.3 Å². The second kappa shape index (κ2) is 6.53. The van der Waals surface area contributed by atoms with Gasteiger partial charge in [-0.25, -0.2) is 0 Å². The van der Waals surface area contributed by atoms with E-state index >= 15 is 0 Å². The van der Waals surface area contributed by atoms with Gasteiger partial charge in [0.25, 0.3) is 0 Å². The number of nitrogens with one attached hydrogen (secondary N) is 1. The summed E-state index contributed by atoms with van der Waals surface area (Å²) < 4.78 is 11.4. The Balaban J connectivity index is 1.99. The van der Waals surface area contributed by atoms with Crippen LogP contribution in [0.15, 0.2) is 0 Å². The topological polar surface area (TPSA) is 49.3 Å². The molecule has 0 aliphatic heterocycles. The molecule has 2 atom stereocenters. The van der Waals surface area contributed by atoms with Crippen LogP contribution >= 0.6 is 0 Å². The largest absolute Gasteiger partial charge is 0.391 e. The monoisotopic (exact) mass is 219 g/mol. The lowest BCUT2D eigenvalue weighted by atomic mass is 10.4. The number of aliphatic hydroxyl groups excluding tert-OH is 1. The van der Waals surface area contributed by atoms with Gasteiger partial charge in [0, 0.05) is 29.1 Å². The lowest BCUT2D eigenvalue weighted by Gasteiger charge is -2.10. The minimum atomic E-state index is -0.834. The van der Waals surface area contributed by atoms with Gasteiger partial charge in [0.05, 0.1) is 11.9 Å². The molecule has 0 aromatic heterocycles. The third-order valence-electron chi connectivity index (χ3n) is 2.32. The van der Waals surface area contributed by atoms with Gasteiger partial charge in [-0.05, 0) is 19.3 Å². The van der Waals surface area contributed by atoms with Crippen molar-refractivity contribution in [1.82, 2.24) is 5.32 Å². The van der Waals surface area contributed by atoms with E-state index in [2.05, 4.69) is 12.2 Å². The van der Waals surface area contributed by atoms with Crippen LogP contribution in [0, 0.1) is 0 Å². The molecule has 1 saturated carbocycles. The zero-order valence-electron chi connectivity index (χ0n) is 8.87. The summed E-state index contributed by atoms with van der Waals surface area (Å²) in [6.07, 6.45) is 4.09. The fraction of sp³-hybridized carbons (Fsp3) is 1.00. The molecule has 3 nitrogen and oxygen atoms in total. The maximum atomic E-state index is 11.4. The Morgan fingerprint density at radius 1 is 1.57 bits per heavy atom. The SMILES string of the molecule is CCCCS(=O)CC(O)CNC1CC1. The summed E-state index contributed by atoms with van der Waals surface area (Å²) in [5, 5.41) is 12.8. The highest BCUT2D eigenvalue weighted by Crippen LogP contribution is 2.18. The number of aliphatic hydroxyl groups is 1. The molecule has 0 heterocycles. The molecule has 84 valence electrons. The van der Waals surface area contributed by atoms with Crippen molar-refractivity contribution in [2.75, 3.05) is 18.1 Å². The van der Waals surface area contributed by atoms with Crippen LogP contribution in [0.25, 0.3) is 0 Å². The molecular weight excluding hydrogens is 198 g/mol. The van der Waals surface area contributed by atoms with Crippen molar-refractivity contribution in [2.24, 2.45) is 0 Å². The second-order valence-electron chi connectivity index (χ2n) is 4.00. The Kier molecular flexibility index (Phi) is 5.67. The molecule has 1 aliphatic rings. The Bertz CT molecular complexity index is 183. The molecule has 0 aromatic carbocycles. The quantitative estimate of drug-likeness (QED) is 0.630.